The summed E-state index contributed by atoms with van der Waals surface area (Å²) >= 11 is 0. The molecular formula is C11H23NO2S. The number of rotatable bonds is 9. The van der Waals surface area contributed by atoms with Crippen molar-refractivity contribution in [2.45, 2.75) is 38.6 Å². The molecule has 0 aromatic carbocycles. The van der Waals surface area contributed by atoms with Crippen LogP contribution in [0.2, 0.25) is 0 Å². The number of hydrogen-bond acceptors (Lipinski definition) is 3. The van der Waals surface area contributed by atoms with Crippen molar-refractivity contribution in [3.8, 4) is 0 Å². The van der Waals surface area contributed by atoms with E-state index in [4.69, 9.17) is 0 Å². The van der Waals surface area contributed by atoms with E-state index in [0.29, 0.717) is 12.6 Å². The minimum Gasteiger partial charge on any atom is -0.313 e. The molecule has 0 saturated heterocycles. The molecule has 90 valence electrons. The third-order valence-electron chi connectivity index (χ3n) is 2.26. The van der Waals surface area contributed by atoms with Crippen LogP contribution in [0, 0.1) is 0 Å². The van der Waals surface area contributed by atoms with Gasteiger partial charge in [-0.25, -0.2) is 8.42 Å². The second kappa shape index (κ2) is 7.88. The normalized spacial score (nSPS) is 13.7. The summed E-state index contributed by atoms with van der Waals surface area (Å²) in [5.41, 5.74) is 0. The maximum atomic E-state index is 10.9. The van der Waals surface area contributed by atoms with Crippen LogP contribution in [0.5, 0.6) is 0 Å². The van der Waals surface area contributed by atoms with Crippen LogP contribution in [0.15, 0.2) is 12.7 Å². The lowest BCUT2D eigenvalue weighted by atomic mass is 10.1. The van der Waals surface area contributed by atoms with Crippen molar-refractivity contribution >= 4 is 9.84 Å². The highest BCUT2D eigenvalue weighted by Gasteiger charge is 2.07. The van der Waals surface area contributed by atoms with Gasteiger partial charge in [-0.3, -0.25) is 0 Å². The molecule has 0 fully saturated rings. The van der Waals surface area contributed by atoms with Crippen molar-refractivity contribution in [3.63, 3.8) is 0 Å². The molecule has 0 heterocycles. The molecule has 0 spiro atoms. The molecule has 3 nitrogen and oxygen atoms in total. The van der Waals surface area contributed by atoms with E-state index >= 15 is 0 Å². The van der Waals surface area contributed by atoms with Gasteiger partial charge >= 0.3 is 0 Å². The Balaban J connectivity index is 3.79. The van der Waals surface area contributed by atoms with Crippen molar-refractivity contribution < 1.29 is 8.42 Å². The predicted octanol–water partition coefficient (Wildman–Crippen LogP) is 1.76. The molecule has 1 unspecified atom stereocenters. The molecule has 0 aliphatic carbocycles. The highest BCUT2D eigenvalue weighted by Crippen LogP contribution is 2.04. The molecule has 1 N–H and O–H groups in total. The number of nitrogens with one attached hydrogen (secondary N) is 1. The fourth-order valence-corrected chi connectivity index (χ4v) is 1.95. The predicted molar refractivity (Wildman–Crippen MR) is 65.8 cm³/mol. The van der Waals surface area contributed by atoms with Crippen molar-refractivity contribution in [2.75, 3.05) is 18.6 Å². The Morgan fingerprint density at radius 2 is 2.07 bits per heavy atom. The first kappa shape index (κ1) is 14.6. The quantitative estimate of drug-likeness (QED) is 0.617. The summed E-state index contributed by atoms with van der Waals surface area (Å²) in [6.07, 6.45) is 7.41. The van der Waals surface area contributed by atoms with Crippen LogP contribution in [0.3, 0.4) is 0 Å². The van der Waals surface area contributed by atoms with E-state index in [0.717, 1.165) is 25.7 Å². The van der Waals surface area contributed by atoms with Crippen molar-refractivity contribution in [2.24, 2.45) is 0 Å². The fraction of sp³-hybridized carbons (Fsp3) is 0.818. The van der Waals surface area contributed by atoms with Gasteiger partial charge in [-0.1, -0.05) is 19.4 Å². The second-order valence-electron chi connectivity index (χ2n) is 3.94. The summed E-state index contributed by atoms with van der Waals surface area (Å²) in [4.78, 5) is 0. The second-order valence-corrected chi connectivity index (χ2v) is 6.20. The van der Waals surface area contributed by atoms with Crippen LogP contribution in [-0.2, 0) is 9.84 Å². The first-order chi connectivity index (χ1) is 6.99. The zero-order valence-electron chi connectivity index (χ0n) is 9.83. The molecule has 0 aromatic rings. The summed E-state index contributed by atoms with van der Waals surface area (Å²) in [6, 6.07) is 0.426. The number of allylic oxidation sites excluding steroid dienone is 1. The smallest absolute Gasteiger partial charge is 0.148 e. The van der Waals surface area contributed by atoms with E-state index in [9.17, 15) is 8.42 Å². The Morgan fingerprint density at radius 3 is 2.53 bits per heavy atom. The Hall–Kier alpha value is -0.350. The van der Waals surface area contributed by atoms with Gasteiger partial charge in [-0.05, 0) is 19.3 Å². The standard InChI is InChI=1S/C11H23NO2S/c1-4-6-8-11(7-5-2)12-9-10-15(3,13)14/h4,11-12H,1,5-10H2,2-3H3. The summed E-state index contributed by atoms with van der Waals surface area (Å²) in [5, 5.41) is 3.29. The van der Waals surface area contributed by atoms with E-state index in [2.05, 4.69) is 18.8 Å². The van der Waals surface area contributed by atoms with Crippen molar-refractivity contribution in [3.05, 3.63) is 12.7 Å². The fourth-order valence-electron chi connectivity index (χ4n) is 1.46. The lowest BCUT2D eigenvalue weighted by Gasteiger charge is -2.16. The van der Waals surface area contributed by atoms with Gasteiger partial charge in [0, 0.05) is 18.8 Å². The lowest BCUT2D eigenvalue weighted by Crippen LogP contribution is -2.32. The molecule has 0 aliphatic heterocycles. The molecule has 0 bridgehead atoms. The molecule has 0 amide bonds. The summed E-state index contributed by atoms with van der Waals surface area (Å²) in [5.74, 6) is 0.224. The van der Waals surface area contributed by atoms with Crippen LogP contribution in [-0.4, -0.2) is 33.0 Å². The van der Waals surface area contributed by atoms with Gasteiger partial charge in [0.05, 0.1) is 5.75 Å². The molecule has 15 heavy (non-hydrogen) atoms. The van der Waals surface area contributed by atoms with Crippen LogP contribution >= 0.6 is 0 Å². The van der Waals surface area contributed by atoms with Crippen molar-refractivity contribution in [1.82, 2.24) is 5.32 Å². The highest BCUT2D eigenvalue weighted by molar-refractivity contribution is 7.90. The van der Waals surface area contributed by atoms with E-state index in [1.165, 1.54) is 6.26 Å². The Kier molecular flexibility index (Phi) is 7.70. The number of hydrogen-bond donors (Lipinski definition) is 1. The SMILES string of the molecule is C=CCCC(CCC)NCCS(C)(=O)=O. The third kappa shape index (κ3) is 9.94. The van der Waals surface area contributed by atoms with Gasteiger partial charge in [-0.15, -0.1) is 6.58 Å². The molecule has 0 aromatic heterocycles. The molecule has 0 saturated carbocycles. The van der Waals surface area contributed by atoms with Crippen LogP contribution in [0.4, 0.5) is 0 Å². The first-order valence-electron chi connectivity index (χ1n) is 5.51. The van der Waals surface area contributed by atoms with Crippen molar-refractivity contribution in [1.29, 1.82) is 0 Å². The molecule has 4 heteroatoms. The van der Waals surface area contributed by atoms with Gasteiger partial charge in [0.25, 0.3) is 0 Å². The van der Waals surface area contributed by atoms with E-state index in [-0.39, 0.29) is 5.75 Å². The minimum atomic E-state index is -2.84. The average Bonchev–Trinajstić information content (AvgIpc) is 2.12. The van der Waals surface area contributed by atoms with Crippen LogP contribution in [0.1, 0.15) is 32.6 Å². The van der Waals surface area contributed by atoms with E-state index in [1.54, 1.807) is 0 Å². The lowest BCUT2D eigenvalue weighted by molar-refractivity contribution is 0.462. The van der Waals surface area contributed by atoms with Gasteiger partial charge in [0.15, 0.2) is 0 Å². The summed E-state index contributed by atoms with van der Waals surface area (Å²) < 4.78 is 21.9. The zero-order chi connectivity index (χ0) is 11.7. The summed E-state index contributed by atoms with van der Waals surface area (Å²) in [7, 11) is -2.84. The van der Waals surface area contributed by atoms with Crippen LogP contribution < -0.4 is 5.32 Å². The first-order valence-corrected chi connectivity index (χ1v) is 7.57. The molecule has 0 aliphatic rings. The van der Waals surface area contributed by atoms with Gasteiger partial charge in [0.2, 0.25) is 0 Å². The molecule has 0 radical (unpaired) electrons. The highest BCUT2D eigenvalue weighted by atomic mass is 32.2. The van der Waals surface area contributed by atoms with Gasteiger partial charge in [-0.2, -0.15) is 0 Å². The van der Waals surface area contributed by atoms with E-state index in [1.807, 2.05) is 6.08 Å². The Bertz CT molecular complexity index is 260. The average molecular weight is 233 g/mol. The molecule has 1 atom stereocenters. The monoisotopic (exact) mass is 233 g/mol. The van der Waals surface area contributed by atoms with Gasteiger partial charge in [0.1, 0.15) is 9.84 Å². The third-order valence-corrected chi connectivity index (χ3v) is 3.21. The molecule has 0 rings (SSSR count). The van der Waals surface area contributed by atoms with E-state index < -0.39 is 9.84 Å². The minimum absolute atomic E-state index is 0.224. The Labute approximate surface area is 93.9 Å². The Morgan fingerprint density at radius 1 is 1.40 bits per heavy atom. The topological polar surface area (TPSA) is 46.2 Å². The zero-order valence-corrected chi connectivity index (χ0v) is 10.6. The van der Waals surface area contributed by atoms with Gasteiger partial charge < -0.3 is 5.32 Å². The largest absolute Gasteiger partial charge is 0.313 e. The maximum Gasteiger partial charge on any atom is 0.148 e. The van der Waals surface area contributed by atoms with Crippen LogP contribution in [0.25, 0.3) is 0 Å². The molecular weight excluding hydrogens is 210 g/mol. The number of sulfone groups is 1. The summed E-state index contributed by atoms with van der Waals surface area (Å²) in [6.45, 7) is 6.38. The maximum absolute atomic E-state index is 10.9.